The van der Waals surface area contributed by atoms with Crippen molar-refractivity contribution in [3.8, 4) is 11.5 Å². The summed E-state index contributed by atoms with van der Waals surface area (Å²) in [6.07, 6.45) is -3.36. The van der Waals surface area contributed by atoms with Gasteiger partial charge in [-0.05, 0) is 49.3 Å². The maximum Gasteiger partial charge on any atom is 0.188 e. The zero-order chi connectivity index (χ0) is 28.7. The van der Waals surface area contributed by atoms with Crippen LogP contribution in [0.5, 0.6) is 11.5 Å². The van der Waals surface area contributed by atoms with Crippen molar-refractivity contribution in [2.24, 2.45) is 0 Å². The lowest BCUT2D eigenvalue weighted by Crippen LogP contribution is -2.16. The fourth-order valence-corrected chi connectivity index (χ4v) is 1.90. The SMILES string of the molecule is [2H]C([2H])([2H])NC([2H])([2H])C(O)c1cccc(O)c1.[2H]C([2H])([2H])NC([2H])([2H])C(O)c1cccc(OCOC)c1. The molecule has 7 nitrogen and oxygen atoms in total. The molecule has 0 radical (unpaired) electrons. The highest BCUT2D eigenvalue weighted by atomic mass is 16.7. The summed E-state index contributed by atoms with van der Waals surface area (Å²) in [5.74, 6) is 0.249. The molecule has 2 aromatic rings. The second-order valence-electron chi connectivity index (χ2n) is 5.06. The summed E-state index contributed by atoms with van der Waals surface area (Å²) < 4.78 is 81.8. The molecule has 0 bridgehead atoms. The number of aliphatic hydroxyl groups is 2. The quantitative estimate of drug-likeness (QED) is 0.416. The maximum absolute atomic E-state index is 9.99. The first-order chi connectivity index (χ1) is 16.8. The van der Waals surface area contributed by atoms with Gasteiger partial charge in [0.2, 0.25) is 0 Å². The molecule has 2 aromatic carbocycles. The van der Waals surface area contributed by atoms with Gasteiger partial charge in [-0.3, -0.25) is 0 Å². The van der Waals surface area contributed by atoms with Gasteiger partial charge in [-0.1, -0.05) is 24.3 Å². The molecule has 0 aliphatic carbocycles. The summed E-state index contributed by atoms with van der Waals surface area (Å²) in [7, 11) is 1.46. The van der Waals surface area contributed by atoms with Crippen LogP contribution in [-0.4, -0.2) is 56.2 Å². The minimum absolute atomic E-state index is 0.0139. The number of nitrogens with one attached hydrogen (secondary N) is 2. The van der Waals surface area contributed by atoms with Crippen LogP contribution < -0.4 is 15.4 Å². The minimum atomic E-state index is -2.71. The number of likely N-dealkylation sites (N-methyl/N-ethyl adjacent to an activating group) is 2. The van der Waals surface area contributed by atoms with Crippen LogP contribution in [0.3, 0.4) is 0 Å². The molecule has 0 fully saturated rings. The predicted molar refractivity (Wildman–Crippen MR) is 105 cm³/mol. The van der Waals surface area contributed by atoms with E-state index >= 15 is 0 Å². The van der Waals surface area contributed by atoms with Gasteiger partial charge >= 0.3 is 0 Å². The number of ether oxygens (including phenoxy) is 2. The molecule has 2 unspecified atom stereocenters. The van der Waals surface area contributed by atoms with E-state index in [1.165, 1.54) is 43.5 Å². The van der Waals surface area contributed by atoms with Crippen LogP contribution in [0.1, 0.15) is 37.0 Å². The van der Waals surface area contributed by atoms with E-state index in [4.69, 9.17) is 23.2 Å². The molecule has 0 aliphatic heterocycles. The fourth-order valence-electron chi connectivity index (χ4n) is 1.90. The van der Waals surface area contributed by atoms with Crippen molar-refractivity contribution in [1.29, 1.82) is 0 Å². The van der Waals surface area contributed by atoms with E-state index in [0.29, 0.717) is 5.75 Å². The van der Waals surface area contributed by atoms with E-state index in [2.05, 4.69) is 0 Å². The Labute approximate surface area is 174 Å². The van der Waals surface area contributed by atoms with E-state index in [-0.39, 0.29) is 23.7 Å². The number of methoxy groups -OCH3 is 1. The van der Waals surface area contributed by atoms with Crippen LogP contribution in [0.2, 0.25) is 0 Å². The highest BCUT2D eigenvalue weighted by molar-refractivity contribution is 5.30. The van der Waals surface area contributed by atoms with Crippen LogP contribution in [0.15, 0.2) is 48.5 Å². The molecule has 27 heavy (non-hydrogen) atoms. The molecule has 5 N–H and O–H groups in total. The molecular formula is C20H30N2O5. The molecule has 150 valence electrons. The molecule has 0 saturated heterocycles. The first-order valence-corrected chi connectivity index (χ1v) is 7.73. The third kappa shape index (κ3) is 8.85. The lowest BCUT2D eigenvalue weighted by molar-refractivity contribution is 0.0508. The third-order valence-corrected chi connectivity index (χ3v) is 3.12. The molecule has 0 heterocycles. The van der Waals surface area contributed by atoms with E-state index in [9.17, 15) is 15.3 Å². The number of benzene rings is 2. The number of phenolic OH excluding ortho intramolecular Hbond substituents is 1. The summed E-state index contributed by atoms with van der Waals surface area (Å²) in [4.78, 5) is 0. The zero-order valence-corrected chi connectivity index (χ0v) is 14.6. The lowest BCUT2D eigenvalue weighted by atomic mass is 10.1. The number of hydrogen-bond acceptors (Lipinski definition) is 7. The second-order valence-corrected chi connectivity index (χ2v) is 5.06. The number of hydrogen-bond donors (Lipinski definition) is 5. The van der Waals surface area contributed by atoms with Crippen LogP contribution in [0.4, 0.5) is 0 Å². The van der Waals surface area contributed by atoms with Crippen molar-refractivity contribution in [2.75, 3.05) is 40.8 Å². The third-order valence-electron chi connectivity index (χ3n) is 3.12. The van der Waals surface area contributed by atoms with Gasteiger partial charge in [-0.25, -0.2) is 0 Å². The average molecular weight is 389 g/mol. The Morgan fingerprint density at radius 1 is 1.00 bits per heavy atom. The molecule has 2 atom stereocenters. The van der Waals surface area contributed by atoms with Gasteiger partial charge in [-0.15, -0.1) is 0 Å². The van der Waals surface area contributed by atoms with Gasteiger partial charge in [0.1, 0.15) is 11.5 Å². The van der Waals surface area contributed by atoms with Gasteiger partial charge in [0.15, 0.2) is 6.79 Å². The van der Waals surface area contributed by atoms with Crippen molar-refractivity contribution in [3.05, 3.63) is 59.7 Å². The Kier molecular flexibility index (Phi) is 5.63. The lowest BCUT2D eigenvalue weighted by Gasteiger charge is -2.12. The standard InChI is InChI=1S/C11H17NO3.C9H13NO2/c1-12-7-11(13)9-4-3-5-10(6-9)15-8-14-2;1-10-6-9(12)7-3-2-4-8(11)5-7/h3-6,11-13H,7-8H2,1-2H3;2-5,9-12H,6H2,1H3/i1D3,7D2;1D3,6D2. The van der Waals surface area contributed by atoms with Crippen LogP contribution in [0, 0.1) is 0 Å². The van der Waals surface area contributed by atoms with Crippen molar-refractivity contribution >= 4 is 0 Å². The molecule has 2 rings (SSSR count). The largest absolute Gasteiger partial charge is 0.508 e. The molecule has 0 spiro atoms. The normalized spacial score (nSPS) is 20.1. The molecule has 0 saturated carbocycles. The fraction of sp³-hybridized carbons (Fsp3) is 0.400. The van der Waals surface area contributed by atoms with Gasteiger partial charge in [0.25, 0.3) is 0 Å². The molecule has 0 amide bonds. The van der Waals surface area contributed by atoms with Crippen molar-refractivity contribution < 1.29 is 38.5 Å². The topological polar surface area (TPSA) is 103 Å². The molecule has 7 heteroatoms. The highest BCUT2D eigenvalue weighted by Crippen LogP contribution is 2.19. The van der Waals surface area contributed by atoms with Crippen LogP contribution in [0.25, 0.3) is 0 Å². The van der Waals surface area contributed by atoms with Crippen molar-refractivity contribution in [3.63, 3.8) is 0 Å². The Morgan fingerprint density at radius 2 is 1.59 bits per heavy atom. The number of aromatic hydroxyl groups is 1. The van der Waals surface area contributed by atoms with Crippen molar-refractivity contribution in [2.45, 2.75) is 12.2 Å². The summed E-state index contributed by atoms with van der Waals surface area (Å²) >= 11 is 0. The Hall–Kier alpha value is -2.16. The summed E-state index contributed by atoms with van der Waals surface area (Å²) in [6.45, 7) is -10.4. The zero-order valence-electron chi connectivity index (χ0n) is 24.6. The Balaban J connectivity index is 0.000000375. The van der Waals surface area contributed by atoms with Gasteiger partial charge in [0, 0.05) is 33.8 Å². The van der Waals surface area contributed by atoms with Gasteiger partial charge < -0.3 is 35.4 Å². The van der Waals surface area contributed by atoms with E-state index < -0.39 is 39.2 Å². The Morgan fingerprint density at radius 3 is 2.15 bits per heavy atom. The van der Waals surface area contributed by atoms with E-state index in [0.717, 1.165) is 0 Å². The molecular weight excluding hydrogens is 348 g/mol. The molecule has 0 aliphatic rings. The number of rotatable bonds is 9. The highest BCUT2D eigenvalue weighted by Gasteiger charge is 2.07. The van der Waals surface area contributed by atoms with Crippen molar-refractivity contribution in [1.82, 2.24) is 10.6 Å². The van der Waals surface area contributed by atoms with Gasteiger partial charge in [0.05, 0.1) is 12.2 Å². The monoisotopic (exact) mass is 388 g/mol. The number of aliphatic hydroxyl groups excluding tert-OH is 2. The average Bonchev–Trinajstić information content (AvgIpc) is 2.74. The minimum Gasteiger partial charge on any atom is -0.508 e. The van der Waals surface area contributed by atoms with E-state index in [1.807, 2.05) is 0 Å². The summed E-state index contributed by atoms with van der Waals surface area (Å²) in [5.41, 5.74) is 0.284. The summed E-state index contributed by atoms with van der Waals surface area (Å²) in [6, 6.07) is 11.4. The Bertz CT molecular complexity index is 988. The van der Waals surface area contributed by atoms with E-state index in [1.54, 1.807) is 22.8 Å². The van der Waals surface area contributed by atoms with Crippen LogP contribution >= 0.6 is 0 Å². The smallest absolute Gasteiger partial charge is 0.188 e. The first kappa shape index (κ1) is 11.6. The second kappa shape index (κ2) is 13.1. The summed E-state index contributed by atoms with van der Waals surface area (Å²) in [5, 5.41) is 32.4. The van der Waals surface area contributed by atoms with Gasteiger partial charge in [-0.2, -0.15) is 0 Å². The molecule has 0 aromatic heterocycles. The first-order valence-electron chi connectivity index (χ1n) is 12.7. The number of phenols is 1. The van der Waals surface area contributed by atoms with Crippen LogP contribution in [-0.2, 0) is 4.74 Å². The maximum atomic E-state index is 9.99. The predicted octanol–water partition coefficient (Wildman–Crippen LogP) is 1.57.